The number of hydrogen-bond donors (Lipinski definition) is 1. The van der Waals surface area contributed by atoms with Crippen LogP contribution in [-0.2, 0) is 11.2 Å². The van der Waals surface area contributed by atoms with E-state index in [0.717, 1.165) is 12.0 Å². The van der Waals surface area contributed by atoms with Gasteiger partial charge in [-0.2, -0.15) is 0 Å². The summed E-state index contributed by atoms with van der Waals surface area (Å²) in [5, 5.41) is 9.29. The highest BCUT2D eigenvalue weighted by Gasteiger charge is 2.08. The van der Waals surface area contributed by atoms with Gasteiger partial charge in [0.25, 0.3) is 0 Å². The number of rotatable bonds is 4. The Kier molecular flexibility index (Phi) is 3.96. The van der Waals surface area contributed by atoms with Crippen molar-refractivity contribution in [1.29, 1.82) is 0 Å². The van der Waals surface area contributed by atoms with E-state index in [-0.39, 0.29) is 12.3 Å². The monoisotopic (exact) mass is 212 g/mol. The number of hydrogen-bond acceptors (Lipinski definition) is 1. The highest BCUT2D eigenvalue weighted by atomic mass is 35.5. The van der Waals surface area contributed by atoms with E-state index in [1.54, 1.807) is 0 Å². The van der Waals surface area contributed by atoms with Crippen LogP contribution in [0.1, 0.15) is 18.9 Å². The predicted octanol–water partition coefficient (Wildman–Crippen LogP) is 2.99. The van der Waals surface area contributed by atoms with Gasteiger partial charge < -0.3 is 5.11 Å². The van der Waals surface area contributed by atoms with Crippen LogP contribution in [0.3, 0.4) is 0 Å². The number of carboxylic acid groups (broad SMARTS) is 1. The van der Waals surface area contributed by atoms with Crippen LogP contribution >= 0.6 is 11.6 Å². The number of halogens is 1. The van der Waals surface area contributed by atoms with E-state index in [4.69, 9.17) is 16.7 Å². The first-order valence-electron chi connectivity index (χ1n) is 4.54. The van der Waals surface area contributed by atoms with Gasteiger partial charge in [-0.05, 0) is 30.0 Å². The Hall–Kier alpha value is -1.02. The fourth-order valence-electron chi connectivity index (χ4n) is 1.44. The molecule has 0 heterocycles. The van der Waals surface area contributed by atoms with Crippen LogP contribution in [0.4, 0.5) is 0 Å². The third-order valence-electron chi connectivity index (χ3n) is 2.00. The van der Waals surface area contributed by atoms with Crippen molar-refractivity contribution in [2.45, 2.75) is 19.8 Å². The molecular formula is C11H13ClO2. The summed E-state index contributed by atoms with van der Waals surface area (Å²) in [6.45, 7) is 1.93. The van der Waals surface area contributed by atoms with Crippen LogP contribution in [0, 0.1) is 5.92 Å². The molecule has 0 spiro atoms. The highest BCUT2D eigenvalue weighted by molar-refractivity contribution is 6.30. The lowest BCUT2D eigenvalue weighted by Gasteiger charge is -2.08. The topological polar surface area (TPSA) is 37.3 Å². The molecule has 1 atom stereocenters. The molecule has 0 aliphatic rings. The SMILES string of the molecule is CC(CC(=O)O)Cc1cccc(Cl)c1. The second-order valence-corrected chi connectivity index (χ2v) is 3.97. The van der Waals surface area contributed by atoms with Crippen LogP contribution in [0.5, 0.6) is 0 Å². The first-order chi connectivity index (χ1) is 6.58. The fourth-order valence-corrected chi connectivity index (χ4v) is 1.65. The maximum absolute atomic E-state index is 10.4. The Labute approximate surface area is 88.5 Å². The Morgan fingerprint density at radius 3 is 2.86 bits per heavy atom. The molecule has 0 saturated carbocycles. The average Bonchev–Trinajstić information content (AvgIpc) is 2.01. The van der Waals surface area contributed by atoms with Crippen molar-refractivity contribution in [3.63, 3.8) is 0 Å². The summed E-state index contributed by atoms with van der Waals surface area (Å²) in [6.07, 6.45) is 0.958. The van der Waals surface area contributed by atoms with Crippen LogP contribution < -0.4 is 0 Å². The lowest BCUT2D eigenvalue weighted by Crippen LogP contribution is -2.06. The maximum Gasteiger partial charge on any atom is 0.303 e. The molecule has 0 saturated heterocycles. The molecule has 0 aliphatic carbocycles. The molecule has 0 amide bonds. The second kappa shape index (κ2) is 5.01. The zero-order valence-electron chi connectivity index (χ0n) is 8.03. The van der Waals surface area contributed by atoms with Crippen molar-refractivity contribution in [1.82, 2.24) is 0 Å². The smallest absolute Gasteiger partial charge is 0.303 e. The Balaban J connectivity index is 2.55. The average molecular weight is 213 g/mol. The van der Waals surface area contributed by atoms with E-state index in [1.807, 2.05) is 31.2 Å². The molecule has 0 aromatic heterocycles. The number of benzene rings is 1. The predicted molar refractivity (Wildman–Crippen MR) is 56.6 cm³/mol. The van der Waals surface area contributed by atoms with Crippen molar-refractivity contribution in [3.8, 4) is 0 Å². The second-order valence-electron chi connectivity index (χ2n) is 3.54. The summed E-state index contributed by atoms with van der Waals surface area (Å²) >= 11 is 5.82. The molecule has 2 nitrogen and oxygen atoms in total. The van der Waals surface area contributed by atoms with Gasteiger partial charge in [0, 0.05) is 11.4 Å². The molecule has 1 aromatic carbocycles. The van der Waals surface area contributed by atoms with Crippen molar-refractivity contribution < 1.29 is 9.90 Å². The first kappa shape index (κ1) is 11.1. The molecule has 1 rings (SSSR count). The first-order valence-corrected chi connectivity index (χ1v) is 4.92. The Morgan fingerprint density at radius 1 is 1.57 bits per heavy atom. The molecule has 76 valence electrons. The normalized spacial score (nSPS) is 12.4. The highest BCUT2D eigenvalue weighted by Crippen LogP contribution is 2.15. The fraction of sp³-hybridized carbons (Fsp3) is 0.364. The van der Waals surface area contributed by atoms with Crippen molar-refractivity contribution >= 4 is 17.6 Å². The van der Waals surface area contributed by atoms with Crippen LogP contribution in [0.2, 0.25) is 5.02 Å². The summed E-state index contributed by atoms with van der Waals surface area (Å²) in [5.74, 6) is -0.606. The quantitative estimate of drug-likeness (QED) is 0.833. The van der Waals surface area contributed by atoms with Gasteiger partial charge in [0.2, 0.25) is 0 Å². The standard InChI is InChI=1S/C11H13ClO2/c1-8(6-11(13)14)5-9-3-2-4-10(12)7-9/h2-4,7-8H,5-6H2,1H3,(H,13,14). The lowest BCUT2D eigenvalue weighted by atomic mass is 9.98. The van der Waals surface area contributed by atoms with Gasteiger partial charge in [-0.15, -0.1) is 0 Å². The van der Waals surface area contributed by atoms with E-state index in [2.05, 4.69) is 0 Å². The van der Waals surface area contributed by atoms with Gasteiger partial charge in [-0.3, -0.25) is 4.79 Å². The molecule has 0 radical (unpaired) electrons. The molecule has 1 unspecified atom stereocenters. The summed E-state index contributed by atoms with van der Waals surface area (Å²) in [7, 11) is 0. The molecule has 1 N–H and O–H groups in total. The van der Waals surface area contributed by atoms with Gasteiger partial charge in [-0.1, -0.05) is 30.7 Å². The van der Waals surface area contributed by atoms with Crippen LogP contribution in [0.15, 0.2) is 24.3 Å². The Bertz CT molecular complexity index is 323. The molecule has 14 heavy (non-hydrogen) atoms. The molecular weight excluding hydrogens is 200 g/mol. The van der Waals surface area contributed by atoms with Crippen molar-refractivity contribution in [3.05, 3.63) is 34.9 Å². The van der Waals surface area contributed by atoms with Crippen molar-refractivity contribution in [2.24, 2.45) is 5.92 Å². The molecule has 3 heteroatoms. The minimum Gasteiger partial charge on any atom is -0.481 e. The van der Waals surface area contributed by atoms with E-state index in [1.165, 1.54) is 0 Å². The molecule has 0 bridgehead atoms. The largest absolute Gasteiger partial charge is 0.481 e. The summed E-state index contributed by atoms with van der Waals surface area (Å²) in [4.78, 5) is 10.4. The number of carboxylic acids is 1. The third-order valence-corrected chi connectivity index (χ3v) is 2.23. The zero-order chi connectivity index (χ0) is 10.6. The summed E-state index contributed by atoms with van der Waals surface area (Å²) in [6, 6.07) is 7.53. The minimum absolute atomic E-state index is 0.144. The minimum atomic E-state index is -0.750. The van der Waals surface area contributed by atoms with Gasteiger partial charge >= 0.3 is 5.97 Å². The summed E-state index contributed by atoms with van der Waals surface area (Å²) in [5.41, 5.74) is 1.09. The molecule has 1 aromatic rings. The van der Waals surface area contributed by atoms with E-state index >= 15 is 0 Å². The van der Waals surface area contributed by atoms with Crippen LogP contribution in [0.25, 0.3) is 0 Å². The van der Waals surface area contributed by atoms with E-state index in [9.17, 15) is 4.79 Å². The lowest BCUT2D eigenvalue weighted by molar-refractivity contribution is -0.137. The molecule has 0 aliphatic heterocycles. The van der Waals surface area contributed by atoms with Crippen molar-refractivity contribution in [2.75, 3.05) is 0 Å². The van der Waals surface area contributed by atoms with Gasteiger partial charge in [0.05, 0.1) is 0 Å². The van der Waals surface area contributed by atoms with E-state index < -0.39 is 5.97 Å². The Morgan fingerprint density at radius 2 is 2.29 bits per heavy atom. The van der Waals surface area contributed by atoms with Gasteiger partial charge in [-0.25, -0.2) is 0 Å². The maximum atomic E-state index is 10.4. The molecule has 0 fully saturated rings. The summed E-state index contributed by atoms with van der Waals surface area (Å²) < 4.78 is 0. The number of carbonyl (C=O) groups is 1. The van der Waals surface area contributed by atoms with Gasteiger partial charge in [0.1, 0.15) is 0 Å². The zero-order valence-corrected chi connectivity index (χ0v) is 8.79. The third kappa shape index (κ3) is 3.79. The number of aliphatic carboxylic acids is 1. The van der Waals surface area contributed by atoms with Crippen LogP contribution in [-0.4, -0.2) is 11.1 Å². The van der Waals surface area contributed by atoms with E-state index in [0.29, 0.717) is 5.02 Å². The van der Waals surface area contributed by atoms with Gasteiger partial charge in [0.15, 0.2) is 0 Å².